The summed E-state index contributed by atoms with van der Waals surface area (Å²) in [5.41, 5.74) is 1.79. The quantitative estimate of drug-likeness (QED) is 0.325. The largest absolute Gasteiger partial charge is 0.494 e. The monoisotopic (exact) mass is 456 g/mol. The minimum absolute atomic E-state index is 0.191. The molecule has 1 amide bonds. The van der Waals surface area contributed by atoms with Crippen LogP contribution in [0, 0.1) is 11.6 Å². The Morgan fingerprint density at radius 2 is 1.90 bits per heavy atom. The highest BCUT2D eigenvalue weighted by Gasteiger charge is 2.24. The van der Waals surface area contributed by atoms with Crippen molar-refractivity contribution in [3.05, 3.63) is 83.9 Å². The Hall–Kier alpha value is -2.97. The van der Waals surface area contributed by atoms with Crippen LogP contribution in [-0.2, 0) is 4.79 Å². The van der Waals surface area contributed by atoms with Crippen molar-refractivity contribution in [3.8, 4) is 5.75 Å². The number of aromatic nitrogens is 1. The molecule has 0 saturated heterocycles. The predicted octanol–water partition coefficient (Wildman–Crippen LogP) is 6.45. The number of amides is 1. The van der Waals surface area contributed by atoms with Gasteiger partial charge in [0, 0.05) is 11.8 Å². The molecule has 0 saturated carbocycles. The van der Waals surface area contributed by atoms with Gasteiger partial charge >= 0.3 is 0 Å². The first-order valence-corrected chi connectivity index (χ1v) is 11.2. The van der Waals surface area contributed by atoms with Crippen molar-refractivity contribution in [2.24, 2.45) is 0 Å². The maximum absolute atomic E-state index is 13.6. The molecule has 4 rings (SSSR count). The fourth-order valence-electron chi connectivity index (χ4n) is 2.97. The fraction of sp³-hybridized carbons (Fsp3) is 0.130. The SMILES string of the molecule is CCOc1ccc2nc(SC(C(=O)Nc3ccc(F)c(F)c3)c3ccccc3)sc2c1. The highest BCUT2D eigenvalue weighted by atomic mass is 32.2. The van der Waals surface area contributed by atoms with Gasteiger partial charge in [0.1, 0.15) is 11.0 Å². The molecule has 1 aromatic heterocycles. The van der Waals surface area contributed by atoms with Crippen LogP contribution in [-0.4, -0.2) is 17.5 Å². The van der Waals surface area contributed by atoms with Crippen LogP contribution in [0.4, 0.5) is 14.5 Å². The zero-order valence-corrected chi connectivity index (χ0v) is 18.1. The van der Waals surface area contributed by atoms with E-state index >= 15 is 0 Å². The van der Waals surface area contributed by atoms with Crippen LogP contribution in [0.1, 0.15) is 17.7 Å². The van der Waals surface area contributed by atoms with Crippen molar-refractivity contribution in [3.63, 3.8) is 0 Å². The van der Waals surface area contributed by atoms with Crippen molar-refractivity contribution in [1.82, 2.24) is 4.98 Å². The third kappa shape index (κ3) is 5.03. The molecule has 0 spiro atoms. The van der Waals surface area contributed by atoms with Crippen molar-refractivity contribution < 1.29 is 18.3 Å². The summed E-state index contributed by atoms with van der Waals surface area (Å²) in [4.78, 5) is 17.7. The number of nitrogens with zero attached hydrogens (tertiary/aromatic N) is 1. The van der Waals surface area contributed by atoms with Gasteiger partial charge in [-0.2, -0.15) is 0 Å². The van der Waals surface area contributed by atoms with E-state index in [1.54, 1.807) is 0 Å². The summed E-state index contributed by atoms with van der Waals surface area (Å²) >= 11 is 2.78. The maximum atomic E-state index is 13.6. The van der Waals surface area contributed by atoms with Crippen molar-refractivity contribution in [1.29, 1.82) is 0 Å². The smallest absolute Gasteiger partial charge is 0.242 e. The van der Waals surface area contributed by atoms with E-state index in [4.69, 9.17) is 4.74 Å². The molecule has 0 aliphatic carbocycles. The molecule has 1 heterocycles. The second-order valence-corrected chi connectivity index (χ2v) is 8.95. The molecule has 0 radical (unpaired) electrons. The summed E-state index contributed by atoms with van der Waals surface area (Å²) in [5.74, 6) is -1.56. The maximum Gasteiger partial charge on any atom is 0.242 e. The summed E-state index contributed by atoms with van der Waals surface area (Å²) in [6, 6.07) is 18.2. The lowest BCUT2D eigenvalue weighted by Gasteiger charge is -2.16. The molecular weight excluding hydrogens is 438 g/mol. The van der Waals surface area contributed by atoms with Crippen LogP contribution in [0.15, 0.2) is 71.1 Å². The molecule has 0 fully saturated rings. The predicted molar refractivity (Wildman–Crippen MR) is 121 cm³/mol. The molecule has 0 aliphatic heterocycles. The summed E-state index contributed by atoms with van der Waals surface area (Å²) in [5, 5.41) is 2.05. The first kappa shape index (κ1) is 21.3. The molecule has 4 nitrogen and oxygen atoms in total. The second-order valence-electron chi connectivity index (χ2n) is 6.57. The molecule has 0 bridgehead atoms. The summed E-state index contributed by atoms with van der Waals surface area (Å²) in [6.45, 7) is 2.50. The van der Waals surface area contributed by atoms with E-state index in [0.717, 1.165) is 38.0 Å². The average Bonchev–Trinajstić information content (AvgIpc) is 3.17. The van der Waals surface area contributed by atoms with E-state index in [0.29, 0.717) is 6.61 Å². The lowest BCUT2D eigenvalue weighted by molar-refractivity contribution is -0.115. The molecule has 1 N–H and O–H groups in total. The Kier molecular flexibility index (Phi) is 6.48. The molecule has 1 atom stereocenters. The van der Waals surface area contributed by atoms with Crippen molar-refractivity contribution in [2.75, 3.05) is 11.9 Å². The standard InChI is InChI=1S/C23H18F2N2O2S2/c1-2-29-16-9-11-19-20(13-16)30-23(27-19)31-21(14-6-4-3-5-7-14)22(28)26-15-8-10-17(24)18(25)12-15/h3-13,21H,2H2,1H3,(H,26,28). The summed E-state index contributed by atoms with van der Waals surface area (Å²) in [6.07, 6.45) is 0. The van der Waals surface area contributed by atoms with Crippen LogP contribution >= 0.6 is 23.1 Å². The van der Waals surface area contributed by atoms with Gasteiger partial charge in [-0.05, 0) is 42.8 Å². The minimum Gasteiger partial charge on any atom is -0.494 e. The van der Waals surface area contributed by atoms with Crippen LogP contribution in [0.25, 0.3) is 10.2 Å². The van der Waals surface area contributed by atoms with E-state index in [2.05, 4.69) is 10.3 Å². The molecular formula is C23H18F2N2O2S2. The van der Waals surface area contributed by atoms with E-state index < -0.39 is 16.9 Å². The molecule has 158 valence electrons. The molecule has 0 aliphatic rings. The van der Waals surface area contributed by atoms with Gasteiger partial charge in [-0.1, -0.05) is 42.1 Å². The van der Waals surface area contributed by atoms with Gasteiger partial charge in [-0.15, -0.1) is 11.3 Å². The Balaban J connectivity index is 1.61. The molecule has 4 aromatic rings. The minimum atomic E-state index is -1.02. The van der Waals surface area contributed by atoms with E-state index in [9.17, 15) is 13.6 Å². The molecule has 31 heavy (non-hydrogen) atoms. The van der Waals surface area contributed by atoms with Crippen LogP contribution < -0.4 is 10.1 Å². The first-order chi connectivity index (χ1) is 15.0. The molecule has 3 aromatic carbocycles. The van der Waals surface area contributed by atoms with Gasteiger partial charge in [0.25, 0.3) is 0 Å². The van der Waals surface area contributed by atoms with Crippen LogP contribution in [0.5, 0.6) is 5.75 Å². The lowest BCUT2D eigenvalue weighted by Crippen LogP contribution is -2.19. The Morgan fingerprint density at radius 3 is 2.65 bits per heavy atom. The number of benzene rings is 3. The normalized spacial score (nSPS) is 12.0. The van der Waals surface area contributed by atoms with Gasteiger partial charge in [-0.3, -0.25) is 4.79 Å². The van der Waals surface area contributed by atoms with Gasteiger partial charge < -0.3 is 10.1 Å². The van der Waals surface area contributed by atoms with Gasteiger partial charge in [0.2, 0.25) is 5.91 Å². The van der Waals surface area contributed by atoms with Crippen molar-refractivity contribution in [2.45, 2.75) is 16.5 Å². The Morgan fingerprint density at radius 1 is 1.10 bits per heavy atom. The average molecular weight is 457 g/mol. The third-order valence-corrected chi connectivity index (χ3v) is 6.76. The summed E-state index contributed by atoms with van der Waals surface area (Å²) in [7, 11) is 0. The Bertz CT molecular complexity index is 1210. The fourth-order valence-corrected chi connectivity index (χ4v) is 5.26. The second kappa shape index (κ2) is 9.45. The van der Waals surface area contributed by atoms with Gasteiger partial charge in [0.05, 0.1) is 16.8 Å². The number of thioether (sulfide) groups is 1. The number of fused-ring (bicyclic) bond motifs is 1. The molecule has 8 heteroatoms. The number of thiazole rings is 1. The number of nitrogens with one attached hydrogen (secondary N) is 1. The number of ether oxygens (including phenoxy) is 1. The topological polar surface area (TPSA) is 51.2 Å². The number of hydrogen-bond acceptors (Lipinski definition) is 5. The van der Waals surface area contributed by atoms with Gasteiger partial charge in [-0.25, -0.2) is 13.8 Å². The van der Waals surface area contributed by atoms with E-state index in [-0.39, 0.29) is 11.6 Å². The lowest BCUT2D eigenvalue weighted by atomic mass is 10.1. The Labute approximate surface area is 186 Å². The number of rotatable bonds is 7. The number of anilines is 1. The van der Waals surface area contributed by atoms with E-state index in [1.807, 2.05) is 55.5 Å². The summed E-state index contributed by atoms with van der Waals surface area (Å²) < 4.78 is 34.0. The van der Waals surface area contributed by atoms with Crippen LogP contribution in [0.3, 0.4) is 0 Å². The van der Waals surface area contributed by atoms with Crippen molar-refractivity contribution >= 4 is 44.9 Å². The molecule has 1 unspecified atom stereocenters. The van der Waals surface area contributed by atoms with E-state index in [1.165, 1.54) is 29.2 Å². The van der Waals surface area contributed by atoms with Crippen LogP contribution in [0.2, 0.25) is 0 Å². The zero-order valence-electron chi connectivity index (χ0n) is 16.5. The number of hydrogen-bond donors (Lipinski definition) is 1. The highest BCUT2D eigenvalue weighted by molar-refractivity contribution is 8.02. The van der Waals surface area contributed by atoms with Gasteiger partial charge in [0.15, 0.2) is 16.0 Å². The third-order valence-electron chi connectivity index (χ3n) is 4.40. The number of carbonyl (C=O) groups excluding carboxylic acids is 1. The first-order valence-electron chi connectivity index (χ1n) is 9.54. The number of halogens is 2. The highest BCUT2D eigenvalue weighted by Crippen LogP contribution is 2.40. The zero-order chi connectivity index (χ0) is 21.8. The number of carbonyl (C=O) groups is 1.